The molecule has 12 heavy (non-hydrogen) atoms. The molecule has 1 heterocycles. The second kappa shape index (κ2) is 4.44. The minimum absolute atomic E-state index is 0.0881. The average Bonchev–Trinajstić information content (AvgIpc) is 2.55. The number of hydrogen-bond acceptors (Lipinski definition) is 3. The monoisotopic (exact) mass is 168 g/mol. The van der Waals surface area contributed by atoms with Crippen LogP contribution in [0.15, 0.2) is 0 Å². The summed E-state index contributed by atoms with van der Waals surface area (Å²) < 4.78 is 5.23. The highest BCUT2D eigenvalue weighted by Gasteiger charge is 2.26. The Hall–Kier alpha value is -0.590. The molecule has 1 aliphatic rings. The molecule has 0 spiro atoms. The van der Waals surface area contributed by atoms with Crippen LogP contribution in [0, 0.1) is 11.3 Å². The van der Waals surface area contributed by atoms with Crippen LogP contribution in [0.3, 0.4) is 0 Å². The third-order valence-corrected chi connectivity index (χ3v) is 2.49. The lowest BCUT2D eigenvalue weighted by Crippen LogP contribution is -2.32. The highest BCUT2D eigenvalue weighted by molar-refractivity contribution is 4.94. The van der Waals surface area contributed by atoms with Crippen LogP contribution in [-0.4, -0.2) is 37.2 Å². The van der Waals surface area contributed by atoms with E-state index in [1.54, 1.807) is 7.11 Å². The van der Waals surface area contributed by atoms with Gasteiger partial charge in [0.1, 0.15) is 0 Å². The third-order valence-electron chi connectivity index (χ3n) is 2.49. The Bertz CT molecular complexity index is 176. The van der Waals surface area contributed by atoms with E-state index in [-0.39, 0.29) is 6.04 Å². The lowest BCUT2D eigenvalue weighted by Gasteiger charge is -2.19. The first-order valence-electron chi connectivity index (χ1n) is 4.48. The quantitative estimate of drug-likeness (QED) is 0.631. The smallest absolute Gasteiger partial charge is 0.0976 e. The van der Waals surface area contributed by atoms with Crippen molar-refractivity contribution in [2.24, 2.45) is 0 Å². The van der Waals surface area contributed by atoms with Crippen molar-refractivity contribution in [1.29, 1.82) is 5.26 Å². The number of hydrogen-bond donors (Lipinski definition) is 0. The van der Waals surface area contributed by atoms with Gasteiger partial charge in [0, 0.05) is 20.2 Å². The summed E-state index contributed by atoms with van der Waals surface area (Å²) in [5.41, 5.74) is 0. The third kappa shape index (κ3) is 1.96. The molecular weight excluding hydrogens is 152 g/mol. The molecule has 2 atom stereocenters. The molecule has 0 N–H and O–H groups in total. The molecule has 1 saturated heterocycles. The Labute approximate surface area is 73.9 Å². The molecule has 0 saturated carbocycles. The summed E-state index contributed by atoms with van der Waals surface area (Å²) in [5, 5.41) is 8.81. The molecular formula is C9H16N2O. The van der Waals surface area contributed by atoms with E-state index in [4.69, 9.17) is 10.00 Å². The van der Waals surface area contributed by atoms with Crippen LogP contribution in [0.2, 0.25) is 0 Å². The second-order valence-electron chi connectivity index (χ2n) is 3.19. The van der Waals surface area contributed by atoms with E-state index in [2.05, 4.69) is 11.0 Å². The first-order chi connectivity index (χ1) is 5.81. The summed E-state index contributed by atoms with van der Waals surface area (Å²) in [5.74, 6) is 0. The fourth-order valence-electron chi connectivity index (χ4n) is 1.66. The number of nitriles is 1. The molecule has 1 fully saturated rings. The SMILES string of the molecule is CCC(C#N)N1CCC(OC)C1. The summed E-state index contributed by atoms with van der Waals surface area (Å²) >= 11 is 0. The van der Waals surface area contributed by atoms with Crippen LogP contribution in [0.25, 0.3) is 0 Å². The Morgan fingerprint density at radius 2 is 2.50 bits per heavy atom. The maximum absolute atomic E-state index is 8.81. The number of likely N-dealkylation sites (tertiary alicyclic amines) is 1. The summed E-state index contributed by atoms with van der Waals surface area (Å²) in [7, 11) is 1.74. The van der Waals surface area contributed by atoms with Crippen LogP contribution in [-0.2, 0) is 4.74 Å². The Morgan fingerprint density at radius 3 is 2.92 bits per heavy atom. The minimum atomic E-state index is 0.0881. The molecule has 0 bridgehead atoms. The molecule has 3 heteroatoms. The van der Waals surface area contributed by atoms with Crippen molar-refractivity contribution < 1.29 is 4.74 Å². The lowest BCUT2D eigenvalue weighted by atomic mass is 10.2. The zero-order valence-electron chi connectivity index (χ0n) is 7.79. The van der Waals surface area contributed by atoms with Gasteiger partial charge in [-0.25, -0.2) is 0 Å². The van der Waals surface area contributed by atoms with E-state index in [0.29, 0.717) is 6.10 Å². The van der Waals surface area contributed by atoms with Crippen molar-refractivity contribution >= 4 is 0 Å². The minimum Gasteiger partial charge on any atom is -0.380 e. The number of rotatable bonds is 3. The first-order valence-corrected chi connectivity index (χ1v) is 4.48. The van der Waals surface area contributed by atoms with E-state index in [1.807, 2.05) is 6.92 Å². The predicted octanol–water partition coefficient (Wildman–Crippen LogP) is 1.01. The molecule has 2 unspecified atom stereocenters. The molecule has 0 aromatic carbocycles. The highest BCUT2D eigenvalue weighted by Crippen LogP contribution is 2.15. The van der Waals surface area contributed by atoms with Gasteiger partial charge in [0.05, 0.1) is 18.2 Å². The zero-order valence-corrected chi connectivity index (χ0v) is 7.79. The van der Waals surface area contributed by atoms with Crippen LogP contribution in [0.1, 0.15) is 19.8 Å². The topological polar surface area (TPSA) is 36.3 Å². The fourth-order valence-corrected chi connectivity index (χ4v) is 1.66. The van der Waals surface area contributed by atoms with Crippen molar-refractivity contribution in [3.8, 4) is 6.07 Å². The molecule has 68 valence electrons. The van der Waals surface area contributed by atoms with Gasteiger partial charge < -0.3 is 4.74 Å². The van der Waals surface area contributed by atoms with Gasteiger partial charge in [-0.2, -0.15) is 5.26 Å². The largest absolute Gasteiger partial charge is 0.380 e. The molecule has 0 aromatic rings. The summed E-state index contributed by atoms with van der Waals surface area (Å²) in [6.07, 6.45) is 2.31. The Kier molecular flexibility index (Phi) is 3.51. The van der Waals surface area contributed by atoms with Crippen molar-refractivity contribution in [3.63, 3.8) is 0 Å². The predicted molar refractivity (Wildman–Crippen MR) is 46.7 cm³/mol. The number of methoxy groups -OCH3 is 1. The van der Waals surface area contributed by atoms with Gasteiger partial charge in [0.15, 0.2) is 0 Å². The van der Waals surface area contributed by atoms with E-state index < -0.39 is 0 Å². The maximum atomic E-state index is 8.81. The Balaban J connectivity index is 2.40. The van der Waals surface area contributed by atoms with E-state index >= 15 is 0 Å². The summed E-state index contributed by atoms with van der Waals surface area (Å²) in [6.45, 7) is 3.97. The average molecular weight is 168 g/mol. The normalized spacial score (nSPS) is 26.9. The van der Waals surface area contributed by atoms with Crippen molar-refractivity contribution in [2.75, 3.05) is 20.2 Å². The van der Waals surface area contributed by atoms with E-state index in [9.17, 15) is 0 Å². The molecule has 1 rings (SSSR count). The van der Waals surface area contributed by atoms with Crippen LogP contribution >= 0.6 is 0 Å². The van der Waals surface area contributed by atoms with Crippen LogP contribution < -0.4 is 0 Å². The molecule has 3 nitrogen and oxygen atoms in total. The van der Waals surface area contributed by atoms with Gasteiger partial charge in [-0.3, -0.25) is 4.90 Å². The maximum Gasteiger partial charge on any atom is 0.0976 e. The molecule has 0 radical (unpaired) electrons. The standard InChI is InChI=1S/C9H16N2O/c1-3-8(6-10)11-5-4-9(7-11)12-2/h8-9H,3-5,7H2,1-2H3. The second-order valence-corrected chi connectivity index (χ2v) is 3.19. The molecule has 0 amide bonds. The van der Waals surface area contributed by atoms with Crippen LogP contribution in [0.5, 0.6) is 0 Å². The van der Waals surface area contributed by atoms with Crippen LogP contribution in [0.4, 0.5) is 0 Å². The lowest BCUT2D eigenvalue weighted by molar-refractivity contribution is 0.104. The van der Waals surface area contributed by atoms with Crippen molar-refractivity contribution in [2.45, 2.75) is 31.9 Å². The van der Waals surface area contributed by atoms with E-state index in [0.717, 1.165) is 25.9 Å². The number of nitrogens with zero attached hydrogens (tertiary/aromatic N) is 2. The summed E-state index contributed by atoms with van der Waals surface area (Å²) in [6, 6.07) is 2.40. The Morgan fingerprint density at radius 1 is 1.75 bits per heavy atom. The first kappa shape index (κ1) is 9.50. The van der Waals surface area contributed by atoms with Gasteiger partial charge in [-0.05, 0) is 12.8 Å². The van der Waals surface area contributed by atoms with Crippen molar-refractivity contribution in [1.82, 2.24) is 4.90 Å². The fraction of sp³-hybridized carbons (Fsp3) is 0.889. The molecule has 1 aliphatic heterocycles. The van der Waals surface area contributed by atoms with Gasteiger partial charge in [0.25, 0.3) is 0 Å². The molecule has 0 aromatic heterocycles. The highest BCUT2D eigenvalue weighted by atomic mass is 16.5. The summed E-state index contributed by atoms with van der Waals surface area (Å²) in [4.78, 5) is 2.20. The zero-order chi connectivity index (χ0) is 8.97. The number of ether oxygens (including phenoxy) is 1. The van der Waals surface area contributed by atoms with E-state index in [1.165, 1.54) is 0 Å². The van der Waals surface area contributed by atoms with Gasteiger partial charge >= 0.3 is 0 Å². The van der Waals surface area contributed by atoms with Crippen molar-refractivity contribution in [3.05, 3.63) is 0 Å². The van der Waals surface area contributed by atoms with Gasteiger partial charge in [-0.1, -0.05) is 6.92 Å². The van der Waals surface area contributed by atoms with Gasteiger partial charge in [-0.15, -0.1) is 0 Å². The van der Waals surface area contributed by atoms with Gasteiger partial charge in [0.2, 0.25) is 0 Å². The molecule has 0 aliphatic carbocycles.